The number of hydrogen-bond acceptors (Lipinski definition) is 3. The van der Waals surface area contributed by atoms with Crippen molar-refractivity contribution in [3.05, 3.63) is 29.6 Å². The number of carbonyl (C=O) groups is 1. The lowest BCUT2D eigenvalue weighted by molar-refractivity contribution is -0.138. The van der Waals surface area contributed by atoms with Crippen LogP contribution in [0.15, 0.2) is 18.5 Å². The van der Waals surface area contributed by atoms with E-state index in [1.165, 1.54) is 11.8 Å². The maximum atomic E-state index is 12.6. The zero-order valence-electron chi connectivity index (χ0n) is 9.41. The quantitative estimate of drug-likeness (QED) is 0.780. The van der Waals surface area contributed by atoms with E-state index >= 15 is 0 Å². The SMILES string of the molecule is CC(C)SCC(=O)c1cnccc1C(F)(F)F. The van der Waals surface area contributed by atoms with Crippen LogP contribution in [0, 0.1) is 0 Å². The van der Waals surface area contributed by atoms with E-state index in [2.05, 4.69) is 4.98 Å². The Morgan fingerprint density at radius 2 is 2.12 bits per heavy atom. The van der Waals surface area contributed by atoms with Gasteiger partial charge in [-0.25, -0.2) is 0 Å². The van der Waals surface area contributed by atoms with Crippen LogP contribution in [0.1, 0.15) is 29.8 Å². The molecule has 17 heavy (non-hydrogen) atoms. The minimum absolute atomic E-state index is 0.0342. The van der Waals surface area contributed by atoms with Crippen molar-refractivity contribution in [2.24, 2.45) is 0 Å². The van der Waals surface area contributed by atoms with E-state index in [9.17, 15) is 18.0 Å². The molecule has 0 saturated heterocycles. The number of ketones is 1. The fourth-order valence-electron chi connectivity index (χ4n) is 1.18. The lowest BCUT2D eigenvalue weighted by atomic mass is 10.1. The van der Waals surface area contributed by atoms with Gasteiger partial charge in [0.05, 0.1) is 11.3 Å². The van der Waals surface area contributed by atoms with Crippen LogP contribution in [0.3, 0.4) is 0 Å². The van der Waals surface area contributed by atoms with Crippen molar-refractivity contribution in [1.82, 2.24) is 4.98 Å². The van der Waals surface area contributed by atoms with Crippen LogP contribution in [-0.2, 0) is 6.18 Å². The van der Waals surface area contributed by atoms with Crippen LogP contribution in [0.4, 0.5) is 13.2 Å². The minimum atomic E-state index is -4.52. The molecule has 0 spiro atoms. The van der Waals surface area contributed by atoms with Gasteiger partial charge >= 0.3 is 6.18 Å². The number of pyridine rings is 1. The van der Waals surface area contributed by atoms with E-state index in [1.807, 2.05) is 13.8 Å². The van der Waals surface area contributed by atoms with Crippen molar-refractivity contribution in [2.45, 2.75) is 25.3 Å². The molecule has 0 bridgehead atoms. The molecule has 2 nitrogen and oxygen atoms in total. The molecule has 1 rings (SSSR count). The fraction of sp³-hybridized carbons (Fsp3) is 0.455. The summed E-state index contributed by atoms with van der Waals surface area (Å²) in [5.74, 6) is -0.504. The third-order valence-electron chi connectivity index (χ3n) is 1.97. The van der Waals surface area contributed by atoms with E-state index < -0.39 is 17.5 Å². The summed E-state index contributed by atoms with van der Waals surface area (Å²) in [6.07, 6.45) is -2.50. The van der Waals surface area contributed by atoms with Crippen molar-refractivity contribution in [2.75, 3.05) is 5.75 Å². The maximum Gasteiger partial charge on any atom is 0.417 e. The summed E-state index contributed by atoms with van der Waals surface area (Å²) in [6, 6.07) is 0.827. The molecular formula is C11H12F3NOS. The van der Waals surface area contributed by atoms with E-state index in [4.69, 9.17) is 0 Å². The molecule has 0 aliphatic heterocycles. The number of Topliss-reactive ketones (excluding diaryl/α,β-unsaturated/α-hetero) is 1. The molecule has 0 saturated carbocycles. The highest BCUT2D eigenvalue weighted by atomic mass is 32.2. The van der Waals surface area contributed by atoms with Gasteiger partial charge in [-0.2, -0.15) is 24.9 Å². The normalized spacial score (nSPS) is 11.9. The Morgan fingerprint density at radius 3 is 2.65 bits per heavy atom. The van der Waals surface area contributed by atoms with Gasteiger partial charge in [0.1, 0.15) is 0 Å². The average Bonchev–Trinajstić information content (AvgIpc) is 2.24. The summed E-state index contributed by atoms with van der Waals surface area (Å²) < 4.78 is 37.9. The zero-order valence-corrected chi connectivity index (χ0v) is 10.2. The fourth-order valence-corrected chi connectivity index (χ4v) is 1.82. The monoisotopic (exact) mass is 263 g/mol. The Kier molecular flexibility index (Phi) is 4.56. The Balaban J connectivity index is 2.94. The van der Waals surface area contributed by atoms with Crippen molar-refractivity contribution in [1.29, 1.82) is 0 Å². The topological polar surface area (TPSA) is 30.0 Å². The number of carbonyl (C=O) groups excluding carboxylic acids is 1. The first-order chi connectivity index (χ1) is 7.82. The summed E-state index contributed by atoms with van der Waals surface area (Å²) in [5, 5.41) is 0.199. The van der Waals surface area contributed by atoms with Gasteiger partial charge in [-0.3, -0.25) is 9.78 Å². The van der Waals surface area contributed by atoms with Crippen LogP contribution in [0.2, 0.25) is 0 Å². The summed E-state index contributed by atoms with van der Waals surface area (Å²) >= 11 is 1.31. The molecule has 0 aliphatic carbocycles. The minimum Gasteiger partial charge on any atom is -0.293 e. The lowest BCUT2D eigenvalue weighted by Crippen LogP contribution is -2.15. The number of thioether (sulfide) groups is 1. The first-order valence-electron chi connectivity index (χ1n) is 4.98. The summed E-state index contributed by atoms with van der Waals surface area (Å²) in [6.45, 7) is 3.76. The Bertz CT molecular complexity index is 404. The molecule has 0 aromatic carbocycles. The molecule has 0 aliphatic rings. The number of aromatic nitrogens is 1. The van der Waals surface area contributed by atoms with Gasteiger partial charge in [0.15, 0.2) is 5.78 Å². The van der Waals surface area contributed by atoms with Gasteiger partial charge in [0, 0.05) is 18.0 Å². The van der Waals surface area contributed by atoms with E-state index in [-0.39, 0.29) is 16.6 Å². The Labute approximate surface area is 102 Å². The van der Waals surface area contributed by atoms with Crippen LogP contribution in [-0.4, -0.2) is 21.8 Å². The third kappa shape index (κ3) is 4.03. The van der Waals surface area contributed by atoms with E-state index in [1.54, 1.807) is 0 Å². The van der Waals surface area contributed by atoms with Crippen molar-refractivity contribution < 1.29 is 18.0 Å². The number of nitrogens with zero attached hydrogens (tertiary/aromatic N) is 1. The average molecular weight is 263 g/mol. The van der Waals surface area contributed by atoms with Gasteiger partial charge in [0.2, 0.25) is 0 Å². The molecule has 6 heteroatoms. The predicted octanol–water partition coefficient (Wildman–Crippen LogP) is 3.42. The smallest absolute Gasteiger partial charge is 0.293 e. The van der Waals surface area contributed by atoms with Gasteiger partial charge in [-0.05, 0) is 11.3 Å². The summed E-state index contributed by atoms with van der Waals surface area (Å²) in [5.41, 5.74) is -1.27. The number of hydrogen-bond donors (Lipinski definition) is 0. The van der Waals surface area contributed by atoms with Crippen LogP contribution >= 0.6 is 11.8 Å². The molecule has 0 radical (unpaired) electrons. The molecule has 0 N–H and O–H groups in total. The molecular weight excluding hydrogens is 251 g/mol. The first-order valence-corrected chi connectivity index (χ1v) is 6.03. The zero-order chi connectivity index (χ0) is 13.1. The van der Waals surface area contributed by atoms with Crippen molar-refractivity contribution in [3.63, 3.8) is 0 Å². The molecule has 0 unspecified atom stereocenters. The second-order valence-corrected chi connectivity index (χ2v) is 5.27. The second kappa shape index (κ2) is 5.53. The highest BCUT2D eigenvalue weighted by Crippen LogP contribution is 2.32. The van der Waals surface area contributed by atoms with Crippen LogP contribution in [0.25, 0.3) is 0 Å². The number of alkyl halides is 3. The standard InChI is InChI=1S/C11H12F3NOS/c1-7(2)17-6-10(16)8-5-15-4-3-9(8)11(12,13)14/h3-5,7H,6H2,1-2H3. The van der Waals surface area contributed by atoms with Crippen molar-refractivity contribution >= 4 is 17.5 Å². The molecule has 0 fully saturated rings. The number of halogens is 3. The van der Waals surface area contributed by atoms with Gasteiger partial charge in [-0.15, -0.1) is 0 Å². The van der Waals surface area contributed by atoms with Gasteiger partial charge in [0.25, 0.3) is 0 Å². The third-order valence-corrected chi connectivity index (χ3v) is 3.07. The Hall–Kier alpha value is -1.04. The molecule has 0 amide bonds. The summed E-state index contributed by atoms with van der Waals surface area (Å²) in [7, 11) is 0. The Morgan fingerprint density at radius 1 is 1.47 bits per heavy atom. The van der Waals surface area contributed by atoms with Crippen LogP contribution < -0.4 is 0 Å². The number of rotatable bonds is 4. The van der Waals surface area contributed by atoms with Crippen molar-refractivity contribution in [3.8, 4) is 0 Å². The van der Waals surface area contributed by atoms with Crippen LogP contribution in [0.5, 0.6) is 0 Å². The first kappa shape index (κ1) is 14.0. The van der Waals surface area contributed by atoms with E-state index in [0.717, 1.165) is 18.5 Å². The molecule has 94 valence electrons. The lowest BCUT2D eigenvalue weighted by Gasteiger charge is -2.11. The highest BCUT2D eigenvalue weighted by Gasteiger charge is 2.34. The summed E-state index contributed by atoms with van der Waals surface area (Å²) in [4.78, 5) is 15.2. The molecule has 1 heterocycles. The molecule has 1 aromatic rings. The van der Waals surface area contributed by atoms with E-state index in [0.29, 0.717) is 0 Å². The second-order valence-electron chi connectivity index (χ2n) is 3.70. The highest BCUT2D eigenvalue weighted by molar-refractivity contribution is 8.00. The van der Waals surface area contributed by atoms with Gasteiger partial charge in [-0.1, -0.05) is 13.8 Å². The molecule has 1 aromatic heterocycles. The maximum absolute atomic E-state index is 12.6. The molecule has 0 atom stereocenters. The van der Waals surface area contributed by atoms with Gasteiger partial charge < -0.3 is 0 Å². The largest absolute Gasteiger partial charge is 0.417 e. The predicted molar refractivity (Wildman–Crippen MR) is 61.2 cm³/mol.